The maximum Gasteiger partial charge on any atom is 0.238 e. The minimum Gasteiger partial charge on any atom is -0.496 e. The Bertz CT molecular complexity index is 1400. The molecule has 2 aliphatic rings. The molecule has 1 fully saturated rings. The average molecular weight is 517 g/mol. The molecule has 2 N–H and O–H groups in total. The van der Waals surface area contributed by atoms with Crippen molar-refractivity contribution in [1.29, 1.82) is 0 Å². The number of methoxy groups -OCH3 is 1. The molecule has 0 aliphatic carbocycles. The lowest BCUT2D eigenvalue weighted by Crippen LogP contribution is -2.57. The second-order valence-electron chi connectivity index (χ2n) is 8.78. The van der Waals surface area contributed by atoms with Crippen LogP contribution in [0.2, 0.25) is 10.0 Å². The van der Waals surface area contributed by atoms with Gasteiger partial charge in [0.05, 0.1) is 18.2 Å². The fraction of sp³-hybridized carbons (Fsp3) is 0.231. The van der Waals surface area contributed by atoms with Gasteiger partial charge in [0.2, 0.25) is 11.8 Å². The molecule has 0 aromatic heterocycles. The van der Waals surface area contributed by atoms with E-state index < -0.39 is 34.9 Å². The Balaban J connectivity index is 1.86. The fourth-order valence-electron chi connectivity index (χ4n) is 5.44. The third-order valence-corrected chi connectivity index (χ3v) is 7.48. The summed E-state index contributed by atoms with van der Waals surface area (Å²) < 4.78 is 34.2. The summed E-state index contributed by atoms with van der Waals surface area (Å²) in [6, 6.07) is 10.8. The molecule has 3 aromatic rings. The van der Waals surface area contributed by atoms with E-state index in [1.54, 1.807) is 31.2 Å². The van der Waals surface area contributed by atoms with Crippen molar-refractivity contribution < 1.29 is 23.1 Å². The largest absolute Gasteiger partial charge is 0.496 e. The predicted molar refractivity (Wildman–Crippen MR) is 129 cm³/mol. The summed E-state index contributed by atoms with van der Waals surface area (Å²) in [6.07, 6.45) is -0.112. The molecule has 2 amide bonds. The van der Waals surface area contributed by atoms with Crippen LogP contribution >= 0.6 is 23.2 Å². The average Bonchev–Trinajstić information content (AvgIpc) is 3.09. The molecule has 0 bridgehead atoms. The zero-order valence-electron chi connectivity index (χ0n) is 18.7. The molecule has 1 spiro atoms. The highest BCUT2D eigenvalue weighted by Gasteiger charge is 2.62. The minimum absolute atomic E-state index is 0.112. The summed E-state index contributed by atoms with van der Waals surface area (Å²) in [4.78, 5) is 27.1. The van der Waals surface area contributed by atoms with Crippen molar-refractivity contribution in [2.75, 3.05) is 12.4 Å². The summed E-state index contributed by atoms with van der Waals surface area (Å²) >= 11 is 12.4. The van der Waals surface area contributed by atoms with Crippen LogP contribution in [0.1, 0.15) is 40.6 Å². The number of rotatable bonds is 3. The van der Waals surface area contributed by atoms with Gasteiger partial charge < -0.3 is 15.4 Å². The molecule has 0 radical (unpaired) electrons. The SMILES string of the molecule is COc1cc(F)c(Cl)cc1[C@@H]1CC(=O)N[C@H](c2cc(F)ccc2C)[C@@]12C(=O)Nc1cc(Cl)ccc12. The van der Waals surface area contributed by atoms with Crippen molar-refractivity contribution in [2.45, 2.75) is 30.7 Å². The number of ether oxygens (including phenoxy) is 1. The number of fused-ring (bicyclic) bond motifs is 2. The van der Waals surface area contributed by atoms with Crippen LogP contribution in [0.5, 0.6) is 5.75 Å². The maximum absolute atomic E-state index is 14.4. The Morgan fingerprint density at radius 1 is 1.03 bits per heavy atom. The summed E-state index contributed by atoms with van der Waals surface area (Å²) in [6.45, 7) is 1.78. The molecule has 5 rings (SSSR count). The van der Waals surface area contributed by atoms with Gasteiger partial charge in [-0.25, -0.2) is 8.78 Å². The van der Waals surface area contributed by atoms with E-state index in [0.29, 0.717) is 33.0 Å². The number of nitrogens with one attached hydrogen (secondary N) is 2. The first kappa shape index (κ1) is 23.6. The van der Waals surface area contributed by atoms with E-state index in [1.807, 2.05) is 0 Å². The van der Waals surface area contributed by atoms with Gasteiger partial charge >= 0.3 is 0 Å². The lowest BCUT2D eigenvalue weighted by molar-refractivity contribution is -0.131. The van der Waals surface area contributed by atoms with Crippen LogP contribution < -0.4 is 15.4 Å². The van der Waals surface area contributed by atoms with Crippen LogP contribution in [0.3, 0.4) is 0 Å². The zero-order chi connectivity index (χ0) is 25.1. The number of amides is 2. The molecule has 5 nitrogen and oxygen atoms in total. The van der Waals surface area contributed by atoms with E-state index in [2.05, 4.69) is 10.6 Å². The molecule has 0 saturated carbocycles. The van der Waals surface area contributed by atoms with Crippen LogP contribution in [-0.2, 0) is 15.0 Å². The normalized spacial score (nSPS) is 23.1. The molecule has 9 heteroatoms. The van der Waals surface area contributed by atoms with Crippen molar-refractivity contribution >= 4 is 40.7 Å². The number of carbonyl (C=O) groups is 2. The lowest BCUT2D eigenvalue weighted by atomic mass is 9.59. The minimum atomic E-state index is -1.43. The van der Waals surface area contributed by atoms with Gasteiger partial charge in [0.1, 0.15) is 22.8 Å². The van der Waals surface area contributed by atoms with Gasteiger partial charge in [0, 0.05) is 34.7 Å². The van der Waals surface area contributed by atoms with Gasteiger partial charge in [-0.15, -0.1) is 0 Å². The fourth-order valence-corrected chi connectivity index (χ4v) is 5.78. The van der Waals surface area contributed by atoms with E-state index in [0.717, 1.165) is 6.07 Å². The predicted octanol–water partition coefficient (Wildman–Crippen LogP) is 5.82. The summed E-state index contributed by atoms with van der Waals surface area (Å²) in [5.74, 6) is -2.63. The third-order valence-electron chi connectivity index (χ3n) is 6.95. The van der Waals surface area contributed by atoms with Gasteiger partial charge in [-0.3, -0.25) is 9.59 Å². The Morgan fingerprint density at radius 2 is 1.80 bits per heavy atom. The smallest absolute Gasteiger partial charge is 0.238 e. The van der Waals surface area contributed by atoms with Crippen LogP contribution in [0.15, 0.2) is 48.5 Å². The van der Waals surface area contributed by atoms with Crippen molar-refractivity contribution in [3.8, 4) is 5.75 Å². The van der Waals surface area contributed by atoms with E-state index in [4.69, 9.17) is 27.9 Å². The summed E-state index contributed by atoms with van der Waals surface area (Å²) in [5, 5.41) is 6.07. The number of carbonyl (C=O) groups excluding carboxylic acids is 2. The standard InChI is InChI=1S/C26H20Cl2F2N2O3/c1-12-3-5-14(29)8-15(12)24-26(17-6-4-13(27)7-21(17)31-25(26)34)18(10-23(33)32-24)16-9-19(28)20(30)11-22(16)35-2/h3-9,11,18,24H,10H2,1-2H3,(H,31,34)(H,32,33)/t18-,24+,26-/m0/s1. The maximum atomic E-state index is 14.4. The zero-order valence-corrected chi connectivity index (χ0v) is 20.2. The first-order chi connectivity index (χ1) is 16.7. The molecule has 2 aliphatic heterocycles. The van der Waals surface area contributed by atoms with Gasteiger partial charge in [-0.1, -0.05) is 35.3 Å². The second kappa shape index (κ2) is 8.50. The molecular formula is C26H20Cl2F2N2O3. The van der Waals surface area contributed by atoms with Crippen molar-refractivity contribution in [1.82, 2.24) is 5.32 Å². The van der Waals surface area contributed by atoms with Gasteiger partial charge in [0.15, 0.2) is 0 Å². The number of hydrogen-bond donors (Lipinski definition) is 2. The number of anilines is 1. The highest BCUT2D eigenvalue weighted by atomic mass is 35.5. The Hall–Kier alpha value is -3.16. The number of aryl methyl sites for hydroxylation is 1. The van der Waals surface area contributed by atoms with Gasteiger partial charge in [0.25, 0.3) is 0 Å². The number of piperidine rings is 1. The van der Waals surface area contributed by atoms with E-state index in [-0.39, 0.29) is 23.1 Å². The molecule has 180 valence electrons. The highest BCUT2D eigenvalue weighted by Crippen LogP contribution is 2.59. The summed E-state index contributed by atoms with van der Waals surface area (Å²) in [5.41, 5.74) is 1.17. The van der Waals surface area contributed by atoms with Crippen LogP contribution in [0.4, 0.5) is 14.5 Å². The van der Waals surface area contributed by atoms with Crippen LogP contribution in [-0.4, -0.2) is 18.9 Å². The molecule has 2 heterocycles. The van der Waals surface area contributed by atoms with Crippen molar-refractivity contribution in [2.24, 2.45) is 0 Å². The monoisotopic (exact) mass is 516 g/mol. The van der Waals surface area contributed by atoms with Gasteiger partial charge in [-0.2, -0.15) is 0 Å². The van der Waals surface area contributed by atoms with Crippen molar-refractivity contribution in [3.05, 3.63) is 92.5 Å². The van der Waals surface area contributed by atoms with E-state index in [1.165, 1.54) is 25.3 Å². The number of benzene rings is 3. The molecular weight excluding hydrogens is 497 g/mol. The lowest BCUT2D eigenvalue weighted by Gasteiger charge is -2.47. The molecule has 3 atom stereocenters. The van der Waals surface area contributed by atoms with Crippen molar-refractivity contribution in [3.63, 3.8) is 0 Å². The van der Waals surface area contributed by atoms with E-state index >= 15 is 0 Å². The molecule has 0 unspecified atom stereocenters. The quantitative estimate of drug-likeness (QED) is 0.460. The first-order valence-corrected chi connectivity index (χ1v) is 11.6. The number of halogens is 4. The third kappa shape index (κ3) is 3.56. The Morgan fingerprint density at radius 3 is 2.54 bits per heavy atom. The van der Waals surface area contributed by atoms with Crippen LogP contribution in [0, 0.1) is 18.6 Å². The Kier molecular flexibility index (Phi) is 5.73. The highest BCUT2D eigenvalue weighted by molar-refractivity contribution is 6.31. The molecule has 1 saturated heterocycles. The number of hydrogen-bond acceptors (Lipinski definition) is 3. The topological polar surface area (TPSA) is 67.4 Å². The van der Waals surface area contributed by atoms with Crippen LogP contribution in [0.25, 0.3) is 0 Å². The van der Waals surface area contributed by atoms with Gasteiger partial charge in [-0.05, 0) is 53.9 Å². The molecule has 3 aromatic carbocycles. The second-order valence-corrected chi connectivity index (χ2v) is 9.62. The van der Waals surface area contributed by atoms with E-state index in [9.17, 15) is 18.4 Å². The first-order valence-electron chi connectivity index (χ1n) is 10.9. The Labute approximate surface area is 210 Å². The summed E-state index contributed by atoms with van der Waals surface area (Å²) in [7, 11) is 1.37. The molecule has 35 heavy (non-hydrogen) atoms.